The molecule has 0 aliphatic carbocycles. The number of carbonyl (C=O) groups excluding carboxylic acids is 1. The van der Waals surface area contributed by atoms with Crippen molar-refractivity contribution in [3.63, 3.8) is 0 Å². The summed E-state index contributed by atoms with van der Waals surface area (Å²) in [5.41, 5.74) is 5.89. The Kier molecular flexibility index (Phi) is 3.34. The maximum atomic E-state index is 11.6. The molecule has 90 valence electrons. The number of anilines is 1. The zero-order valence-corrected chi connectivity index (χ0v) is 9.13. The molecule has 1 amide bonds. The minimum atomic E-state index is -0.227. The van der Waals surface area contributed by atoms with E-state index >= 15 is 0 Å². The molecule has 0 bridgehead atoms. The lowest BCUT2D eigenvalue weighted by Gasteiger charge is -2.03. The lowest BCUT2D eigenvalue weighted by molar-refractivity contribution is 0.0953. The molecule has 2 aromatic heterocycles. The van der Waals surface area contributed by atoms with Crippen LogP contribution < -0.4 is 11.1 Å². The van der Waals surface area contributed by atoms with Gasteiger partial charge in [0.2, 0.25) is 0 Å². The van der Waals surface area contributed by atoms with Crippen molar-refractivity contribution in [2.75, 3.05) is 12.3 Å². The smallest absolute Gasteiger partial charge is 0.256 e. The molecule has 0 unspecified atom stereocenters. The Balaban J connectivity index is 1.72. The number of nitrogen functional groups attached to an aromatic ring is 1. The minimum Gasteiger partial charge on any atom is -0.383 e. The second-order valence-electron chi connectivity index (χ2n) is 3.47. The molecule has 2 aromatic rings. The predicted molar refractivity (Wildman–Crippen MR) is 60.0 cm³/mol. The molecule has 0 spiro atoms. The first-order valence-corrected chi connectivity index (χ1v) is 5.18. The lowest BCUT2D eigenvalue weighted by Crippen LogP contribution is -2.25. The van der Waals surface area contributed by atoms with E-state index in [-0.39, 0.29) is 11.7 Å². The summed E-state index contributed by atoms with van der Waals surface area (Å²) < 4.78 is 1.71. The second kappa shape index (κ2) is 5.10. The van der Waals surface area contributed by atoms with E-state index in [2.05, 4.69) is 25.8 Å². The zero-order chi connectivity index (χ0) is 12.1. The summed E-state index contributed by atoms with van der Waals surface area (Å²) >= 11 is 0. The van der Waals surface area contributed by atoms with Crippen LogP contribution in [0.15, 0.2) is 18.6 Å². The highest BCUT2D eigenvalue weighted by molar-refractivity contribution is 5.97. The molecule has 4 N–H and O–H groups in total. The number of carbonyl (C=O) groups is 1. The largest absolute Gasteiger partial charge is 0.383 e. The maximum absolute atomic E-state index is 11.6. The molecule has 8 nitrogen and oxygen atoms in total. The molecule has 2 heterocycles. The first-order valence-electron chi connectivity index (χ1n) is 5.18. The summed E-state index contributed by atoms with van der Waals surface area (Å²) in [6, 6.07) is 0. The minimum absolute atomic E-state index is 0.227. The van der Waals surface area contributed by atoms with Gasteiger partial charge in [-0.05, 0) is 6.42 Å². The van der Waals surface area contributed by atoms with Crippen LogP contribution in [0.2, 0.25) is 0 Å². The van der Waals surface area contributed by atoms with Gasteiger partial charge in [0.25, 0.3) is 5.91 Å². The number of nitrogens with one attached hydrogen (secondary N) is 2. The maximum Gasteiger partial charge on any atom is 0.256 e. The normalized spacial score (nSPS) is 10.4. The van der Waals surface area contributed by atoms with Crippen molar-refractivity contribution in [3.8, 4) is 0 Å². The topological polar surface area (TPSA) is 115 Å². The van der Waals surface area contributed by atoms with Gasteiger partial charge in [-0.15, -0.1) is 5.10 Å². The second-order valence-corrected chi connectivity index (χ2v) is 3.47. The van der Waals surface area contributed by atoms with Crippen molar-refractivity contribution in [1.29, 1.82) is 0 Å². The number of aromatic amines is 1. The number of aryl methyl sites for hydroxylation is 1. The van der Waals surface area contributed by atoms with E-state index < -0.39 is 0 Å². The lowest BCUT2D eigenvalue weighted by atomic mass is 10.3. The van der Waals surface area contributed by atoms with E-state index in [1.807, 2.05) is 0 Å². The first-order chi connectivity index (χ1) is 8.27. The van der Waals surface area contributed by atoms with Gasteiger partial charge >= 0.3 is 0 Å². The first kappa shape index (κ1) is 11.1. The van der Waals surface area contributed by atoms with E-state index in [1.54, 1.807) is 17.1 Å². The number of rotatable bonds is 5. The van der Waals surface area contributed by atoms with Crippen molar-refractivity contribution >= 4 is 11.7 Å². The van der Waals surface area contributed by atoms with Crippen molar-refractivity contribution < 1.29 is 4.79 Å². The summed E-state index contributed by atoms with van der Waals surface area (Å²) in [4.78, 5) is 11.6. The number of hydrogen-bond acceptors (Lipinski definition) is 5. The molecule has 0 aliphatic heterocycles. The summed E-state index contributed by atoms with van der Waals surface area (Å²) in [7, 11) is 0. The Morgan fingerprint density at radius 3 is 3.12 bits per heavy atom. The fourth-order valence-electron chi connectivity index (χ4n) is 1.37. The summed E-state index contributed by atoms with van der Waals surface area (Å²) in [6.07, 6.45) is 5.57. The zero-order valence-electron chi connectivity index (χ0n) is 9.13. The molecule has 0 atom stereocenters. The standard InChI is InChI=1S/C9H13N7O/c10-8-7(6-13-14-8)9(17)11-2-1-4-16-5-3-12-15-16/h3,5-6H,1-2,4H2,(H,11,17)(H3,10,13,14). The van der Waals surface area contributed by atoms with Crippen LogP contribution in [0.4, 0.5) is 5.82 Å². The van der Waals surface area contributed by atoms with Crippen LogP contribution in [-0.2, 0) is 6.54 Å². The van der Waals surface area contributed by atoms with E-state index in [1.165, 1.54) is 6.20 Å². The summed E-state index contributed by atoms with van der Waals surface area (Å²) in [5, 5.41) is 16.4. The van der Waals surface area contributed by atoms with Gasteiger partial charge in [-0.3, -0.25) is 14.6 Å². The van der Waals surface area contributed by atoms with Crippen LogP contribution in [0.3, 0.4) is 0 Å². The Bertz CT molecular complexity index is 475. The van der Waals surface area contributed by atoms with Crippen molar-refractivity contribution in [2.45, 2.75) is 13.0 Å². The van der Waals surface area contributed by atoms with Gasteiger partial charge in [0.15, 0.2) is 0 Å². The quantitative estimate of drug-likeness (QED) is 0.599. The fraction of sp³-hybridized carbons (Fsp3) is 0.333. The van der Waals surface area contributed by atoms with Gasteiger partial charge in [0, 0.05) is 19.3 Å². The van der Waals surface area contributed by atoms with E-state index in [0.717, 1.165) is 6.42 Å². The third-order valence-electron chi connectivity index (χ3n) is 2.23. The monoisotopic (exact) mass is 235 g/mol. The SMILES string of the molecule is Nc1[nH]ncc1C(=O)NCCCn1ccnn1. The molecule has 2 rings (SSSR count). The highest BCUT2D eigenvalue weighted by atomic mass is 16.1. The van der Waals surface area contributed by atoms with Crippen LogP contribution in [-0.4, -0.2) is 37.6 Å². The third kappa shape index (κ3) is 2.80. The van der Waals surface area contributed by atoms with Crippen molar-refractivity contribution in [3.05, 3.63) is 24.2 Å². The van der Waals surface area contributed by atoms with Crippen LogP contribution in [0.1, 0.15) is 16.8 Å². The molecule has 0 aliphatic rings. The molecule has 0 saturated carbocycles. The van der Waals surface area contributed by atoms with Crippen molar-refractivity contribution in [1.82, 2.24) is 30.5 Å². The Hall–Kier alpha value is -2.38. The number of nitrogens with two attached hydrogens (primary N) is 1. The molecular weight excluding hydrogens is 222 g/mol. The molecule has 0 radical (unpaired) electrons. The van der Waals surface area contributed by atoms with Gasteiger partial charge in [0.05, 0.1) is 12.4 Å². The van der Waals surface area contributed by atoms with Gasteiger partial charge in [-0.25, -0.2) is 0 Å². The van der Waals surface area contributed by atoms with Gasteiger partial charge in [-0.1, -0.05) is 5.21 Å². The third-order valence-corrected chi connectivity index (χ3v) is 2.23. The molecule has 17 heavy (non-hydrogen) atoms. The highest BCUT2D eigenvalue weighted by Gasteiger charge is 2.10. The molecular formula is C9H13N7O. The fourth-order valence-corrected chi connectivity index (χ4v) is 1.37. The van der Waals surface area contributed by atoms with Crippen molar-refractivity contribution in [2.24, 2.45) is 0 Å². The molecule has 8 heteroatoms. The molecule has 0 saturated heterocycles. The van der Waals surface area contributed by atoms with Gasteiger partial charge in [-0.2, -0.15) is 5.10 Å². The number of aromatic nitrogens is 5. The van der Waals surface area contributed by atoms with Crippen LogP contribution >= 0.6 is 0 Å². The van der Waals surface area contributed by atoms with E-state index in [4.69, 9.17) is 5.73 Å². The van der Waals surface area contributed by atoms with Gasteiger partial charge < -0.3 is 11.1 Å². The van der Waals surface area contributed by atoms with Crippen LogP contribution in [0.5, 0.6) is 0 Å². The van der Waals surface area contributed by atoms with E-state index in [0.29, 0.717) is 18.7 Å². The number of amides is 1. The van der Waals surface area contributed by atoms with E-state index in [9.17, 15) is 4.79 Å². The summed E-state index contributed by atoms with van der Waals surface area (Å²) in [5.74, 6) is 0.0496. The Labute approximate surface area is 97.2 Å². The molecule has 0 aromatic carbocycles. The number of H-pyrrole nitrogens is 1. The van der Waals surface area contributed by atoms with Crippen LogP contribution in [0, 0.1) is 0 Å². The summed E-state index contributed by atoms with van der Waals surface area (Å²) in [6.45, 7) is 1.25. The highest BCUT2D eigenvalue weighted by Crippen LogP contribution is 2.04. The van der Waals surface area contributed by atoms with Gasteiger partial charge in [0.1, 0.15) is 11.4 Å². The number of hydrogen-bond donors (Lipinski definition) is 3. The average molecular weight is 235 g/mol. The average Bonchev–Trinajstić information content (AvgIpc) is 2.95. The Morgan fingerprint density at radius 2 is 2.47 bits per heavy atom. The van der Waals surface area contributed by atoms with Crippen LogP contribution in [0.25, 0.3) is 0 Å². The Morgan fingerprint density at radius 1 is 1.59 bits per heavy atom. The predicted octanol–water partition coefficient (Wildman–Crippen LogP) is -0.597. The number of nitrogens with zero attached hydrogens (tertiary/aromatic N) is 4. The molecule has 0 fully saturated rings.